The number of carbonyl (C=O) groups is 3. The molecule has 2 heterocycles. The maximum absolute atomic E-state index is 12.3. The lowest BCUT2D eigenvalue weighted by molar-refractivity contribution is -0.142. The highest BCUT2D eigenvalue weighted by Crippen LogP contribution is 2.26. The van der Waals surface area contributed by atoms with Gasteiger partial charge in [-0.2, -0.15) is 0 Å². The van der Waals surface area contributed by atoms with Gasteiger partial charge in [-0.3, -0.25) is 15.0 Å². The van der Waals surface area contributed by atoms with E-state index in [1.54, 1.807) is 11.8 Å². The lowest BCUT2D eigenvalue weighted by atomic mass is 10.1. The summed E-state index contributed by atoms with van der Waals surface area (Å²) in [4.78, 5) is 37.2. The number of esters is 2. The van der Waals surface area contributed by atoms with Crippen LogP contribution in [-0.2, 0) is 30.4 Å². The molecule has 1 N–H and O–H groups in total. The second-order valence-electron chi connectivity index (χ2n) is 6.26. The zero-order valence-electron chi connectivity index (χ0n) is 15.0. The van der Waals surface area contributed by atoms with E-state index in [0.29, 0.717) is 18.6 Å². The monoisotopic (exact) mass is 394 g/mol. The summed E-state index contributed by atoms with van der Waals surface area (Å²) in [5, 5.41) is 3.19. The van der Waals surface area contributed by atoms with Crippen molar-refractivity contribution in [1.82, 2.24) is 10.2 Å². The normalized spacial score (nSPS) is 24.6. The Kier molecular flexibility index (Phi) is 6.57. The first-order chi connectivity index (χ1) is 13.1. The van der Waals surface area contributed by atoms with Crippen molar-refractivity contribution in [3.05, 3.63) is 35.9 Å². The second-order valence-corrected chi connectivity index (χ2v) is 7.50. The van der Waals surface area contributed by atoms with E-state index >= 15 is 0 Å². The Labute approximate surface area is 161 Å². The summed E-state index contributed by atoms with van der Waals surface area (Å²) >= 11 is 1.60. The van der Waals surface area contributed by atoms with Crippen molar-refractivity contribution in [3.63, 3.8) is 0 Å². The summed E-state index contributed by atoms with van der Waals surface area (Å²) in [6.45, 7) is 0.0328. The molecule has 0 radical (unpaired) electrons. The van der Waals surface area contributed by atoms with Gasteiger partial charge in [-0.1, -0.05) is 30.3 Å². The van der Waals surface area contributed by atoms with Gasteiger partial charge in [-0.15, -0.1) is 11.8 Å². The van der Waals surface area contributed by atoms with Gasteiger partial charge in [0.15, 0.2) is 6.73 Å². The lowest BCUT2D eigenvalue weighted by Gasteiger charge is -2.21. The first-order valence-electron chi connectivity index (χ1n) is 8.68. The van der Waals surface area contributed by atoms with E-state index in [0.717, 1.165) is 5.56 Å². The highest BCUT2D eigenvalue weighted by molar-refractivity contribution is 8.00. The van der Waals surface area contributed by atoms with Gasteiger partial charge in [0.25, 0.3) is 0 Å². The quantitative estimate of drug-likeness (QED) is 0.573. The van der Waals surface area contributed by atoms with Crippen LogP contribution in [0.15, 0.2) is 30.3 Å². The van der Waals surface area contributed by atoms with Crippen LogP contribution in [-0.4, -0.2) is 60.0 Å². The number of carbonyl (C=O) groups excluding carboxylic acids is 3. The van der Waals surface area contributed by atoms with Crippen LogP contribution in [0.2, 0.25) is 0 Å². The van der Waals surface area contributed by atoms with Crippen molar-refractivity contribution < 1.29 is 28.6 Å². The molecule has 0 spiro atoms. The average molecular weight is 394 g/mol. The SMILES string of the molecule is COC(=O)[C@@H]1CS[C@H](CC[C@@H]2C(=O)OCN2C(=O)OCc2ccccc2)N1. The number of amides is 1. The third-order valence-electron chi connectivity index (χ3n) is 4.47. The maximum atomic E-state index is 12.3. The van der Waals surface area contributed by atoms with Crippen molar-refractivity contribution in [3.8, 4) is 0 Å². The molecule has 146 valence electrons. The van der Waals surface area contributed by atoms with Crippen molar-refractivity contribution in [1.29, 1.82) is 0 Å². The van der Waals surface area contributed by atoms with Gasteiger partial charge < -0.3 is 14.2 Å². The Balaban J connectivity index is 1.49. The molecular weight excluding hydrogens is 372 g/mol. The molecule has 0 bridgehead atoms. The van der Waals surface area contributed by atoms with E-state index in [-0.39, 0.29) is 30.7 Å². The van der Waals surface area contributed by atoms with Crippen LogP contribution in [0.5, 0.6) is 0 Å². The number of nitrogens with zero attached hydrogens (tertiary/aromatic N) is 1. The fourth-order valence-corrected chi connectivity index (χ4v) is 4.21. The minimum Gasteiger partial charge on any atom is -0.468 e. The van der Waals surface area contributed by atoms with E-state index < -0.39 is 18.1 Å². The first kappa shape index (κ1) is 19.5. The van der Waals surface area contributed by atoms with Crippen LogP contribution in [0.4, 0.5) is 4.79 Å². The third-order valence-corrected chi connectivity index (χ3v) is 5.77. The largest absolute Gasteiger partial charge is 0.468 e. The van der Waals surface area contributed by atoms with Crippen LogP contribution in [0.1, 0.15) is 18.4 Å². The van der Waals surface area contributed by atoms with Crippen molar-refractivity contribution in [2.45, 2.75) is 36.9 Å². The van der Waals surface area contributed by atoms with Crippen LogP contribution in [0.25, 0.3) is 0 Å². The number of hydrogen-bond acceptors (Lipinski definition) is 8. The topological polar surface area (TPSA) is 94.2 Å². The summed E-state index contributed by atoms with van der Waals surface area (Å²) < 4.78 is 15.1. The van der Waals surface area contributed by atoms with Gasteiger partial charge in [0.1, 0.15) is 18.7 Å². The molecule has 1 aromatic rings. The summed E-state index contributed by atoms with van der Waals surface area (Å²) in [6, 6.07) is 8.31. The maximum Gasteiger partial charge on any atom is 0.413 e. The average Bonchev–Trinajstić information content (AvgIpc) is 3.31. The molecule has 0 aliphatic carbocycles. The number of hydrogen-bond donors (Lipinski definition) is 1. The molecule has 0 aromatic heterocycles. The molecule has 1 amide bonds. The number of thioether (sulfide) groups is 1. The van der Waals surface area contributed by atoms with Gasteiger partial charge in [0.2, 0.25) is 0 Å². The summed E-state index contributed by atoms with van der Waals surface area (Å²) in [5.41, 5.74) is 0.870. The van der Waals surface area contributed by atoms with Crippen LogP contribution in [0.3, 0.4) is 0 Å². The van der Waals surface area contributed by atoms with Crippen molar-refractivity contribution in [2.24, 2.45) is 0 Å². The molecule has 8 nitrogen and oxygen atoms in total. The number of nitrogens with one attached hydrogen (secondary N) is 1. The molecule has 0 saturated carbocycles. The van der Waals surface area contributed by atoms with Crippen molar-refractivity contribution >= 4 is 29.8 Å². The number of methoxy groups -OCH3 is 1. The van der Waals surface area contributed by atoms with Gasteiger partial charge in [-0.05, 0) is 18.4 Å². The van der Waals surface area contributed by atoms with E-state index in [2.05, 4.69) is 5.32 Å². The number of rotatable bonds is 6. The Morgan fingerprint density at radius 3 is 2.81 bits per heavy atom. The summed E-state index contributed by atoms with van der Waals surface area (Å²) in [7, 11) is 1.36. The predicted octanol–water partition coefficient (Wildman–Crippen LogP) is 1.49. The molecule has 1 aromatic carbocycles. The number of ether oxygens (including phenoxy) is 3. The zero-order valence-corrected chi connectivity index (χ0v) is 15.8. The molecule has 0 unspecified atom stereocenters. The van der Waals surface area contributed by atoms with E-state index in [9.17, 15) is 14.4 Å². The Hall–Kier alpha value is -2.26. The molecule has 27 heavy (non-hydrogen) atoms. The summed E-state index contributed by atoms with van der Waals surface area (Å²) in [6.07, 6.45) is 0.465. The molecule has 9 heteroatoms. The third kappa shape index (κ3) is 4.92. The molecule has 3 atom stereocenters. The fourth-order valence-electron chi connectivity index (χ4n) is 2.99. The Morgan fingerprint density at radius 1 is 1.30 bits per heavy atom. The lowest BCUT2D eigenvalue weighted by Crippen LogP contribution is -2.40. The van der Waals surface area contributed by atoms with Gasteiger partial charge in [0, 0.05) is 5.75 Å². The highest BCUT2D eigenvalue weighted by Gasteiger charge is 2.40. The van der Waals surface area contributed by atoms with Crippen molar-refractivity contribution in [2.75, 3.05) is 19.6 Å². The van der Waals surface area contributed by atoms with Crippen LogP contribution < -0.4 is 5.32 Å². The van der Waals surface area contributed by atoms with E-state index in [1.807, 2.05) is 30.3 Å². The summed E-state index contributed by atoms with van der Waals surface area (Å²) in [5.74, 6) is -0.106. The van der Waals surface area contributed by atoms with E-state index in [4.69, 9.17) is 14.2 Å². The van der Waals surface area contributed by atoms with E-state index in [1.165, 1.54) is 12.0 Å². The number of cyclic esters (lactones) is 1. The Morgan fingerprint density at radius 2 is 2.07 bits per heavy atom. The molecule has 2 aliphatic rings. The molecule has 2 aliphatic heterocycles. The van der Waals surface area contributed by atoms with Crippen LogP contribution in [0, 0.1) is 0 Å². The molecule has 2 saturated heterocycles. The minimum absolute atomic E-state index is 0.0182. The first-order valence-corrected chi connectivity index (χ1v) is 9.73. The standard InChI is InChI=1S/C18H22N2O6S/c1-24-16(21)13-10-27-15(19-13)8-7-14-17(22)26-11-20(14)18(23)25-9-12-5-3-2-4-6-12/h2-6,13-15,19H,7-11H2,1H3/t13-,14+,15+/m0/s1. The minimum atomic E-state index is -0.673. The highest BCUT2D eigenvalue weighted by atomic mass is 32.2. The number of benzene rings is 1. The zero-order chi connectivity index (χ0) is 19.2. The van der Waals surface area contributed by atoms with Gasteiger partial charge in [-0.25, -0.2) is 9.59 Å². The molecule has 2 fully saturated rings. The predicted molar refractivity (Wildman–Crippen MR) is 97.6 cm³/mol. The van der Waals surface area contributed by atoms with Gasteiger partial charge in [0.05, 0.1) is 12.5 Å². The van der Waals surface area contributed by atoms with Gasteiger partial charge >= 0.3 is 18.0 Å². The Bertz CT molecular complexity index is 686. The smallest absolute Gasteiger partial charge is 0.413 e. The molecule has 3 rings (SSSR count). The second kappa shape index (κ2) is 9.09. The fraction of sp³-hybridized carbons (Fsp3) is 0.500. The molecular formula is C18H22N2O6S. The van der Waals surface area contributed by atoms with Crippen LogP contribution >= 0.6 is 11.8 Å².